The molecule has 1 aromatic rings. The number of hydrogen-bond acceptors (Lipinski definition) is 4. The minimum atomic E-state index is -0.311. The number of ether oxygens (including phenoxy) is 2. The van der Waals surface area contributed by atoms with E-state index in [-0.39, 0.29) is 12.1 Å². The van der Waals surface area contributed by atoms with E-state index in [2.05, 4.69) is 4.90 Å². The van der Waals surface area contributed by atoms with E-state index >= 15 is 0 Å². The van der Waals surface area contributed by atoms with Gasteiger partial charge in [-0.15, -0.1) is 0 Å². The zero-order chi connectivity index (χ0) is 20.5. The van der Waals surface area contributed by atoms with E-state index in [9.17, 15) is 4.79 Å². The fourth-order valence-corrected chi connectivity index (χ4v) is 4.42. The number of nitrogens with zero attached hydrogens (tertiary/aromatic N) is 2. The SMILES string of the molecule is CN(C(=O)Oc1ccc(Cl)cc1)[C@H]1CC[C@H](OCCCCN2CCCCC2)CC1. The summed E-state index contributed by atoms with van der Waals surface area (Å²) >= 11 is 5.87. The van der Waals surface area contributed by atoms with Crippen LogP contribution in [0, 0.1) is 0 Å². The molecular formula is C23H35ClN2O3. The number of hydrogen-bond donors (Lipinski definition) is 0. The van der Waals surface area contributed by atoms with Gasteiger partial charge in [-0.3, -0.25) is 0 Å². The number of amides is 1. The Balaban J connectivity index is 1.28. The molecule has 0 spiro atoms. The molecule has 5 nitrogen and oxygen atoms in total. The van der Waals surface area contributed by atoms with Crippen molar-refractivity contribution < 1.29 is 14.3 Å². The predicted molar refractivity (Wildman–Crippen MR) is 117 cm³/mol. The number of unbranched alkanes of at least 4 members (excludes halogenated alkanes) is 1. The Morgan fingerprint density at radius 3 is 2.45 bits per heavy atom. The standard InChI is InChI=1S/C23H35ClN2O3/c1-25(23(27)29-22-11-7-19(24)8-12-22)20-9-13-21(14-10-20)28-18-6-5-17-26-15-3-2-4-16-26/h7-8,11-12,20-21H,2-6,9-10,13-18H2,1H3/t20-,21-. The second-order valence-electron chi connectivity index (χ2n) is 8.34. The maximum atomic E-state index is 12.4. The van der Waals surface area contributed by atoms with Crippen LogP contribution in [-0.2, 0) is 4.74 Å². The molecule has 0 atom stereocenters. The number of piperidine rings is 1. The minimum absolute atomic E-state index is 0.216. The van der Waals surface area contributed by atoms with Crippen LogP contribution in [0.4, 0.5) is 4.79 Å². The lowest BCUT2D eigenvalue weighted by Crippen LogP contribution is -2.42. The lowest BCUT2D eigenvalue weighted by Gasteiger charge is -2.34. The van der Waals surface area contributed by atoms with Gasteiger partial charge in [-0.05, 0) is 95.3 Å². The molecule has 6 heteroatoms. The Bertz CT molecular complexity index is 611. The Morgan fingerprint density at radius 1 is 1.07 bits per heavy atom. The topological polar surface area (TPSA) is 42.0 Å². The van der Waals surface area contributed by atoms with Gasteiger partial charge in [-0.25, -0.2) is 4.79 Å². The fraction of sp³-hybridized carbons (Fsp3) is 0.696. The Morgan fingerprint density at radius 2 is 1.76 bits per heavy atom. The first-order valence-corrected chi connectivity index (χ1v) is 11.5. The van der Waals surface area contributed by atoms with Crippen LogP contribution in [0.15, 0.2) is 24.3 Å². The van der Waals surface area contributed by atoms with Crippen molar-refractivity contribution in [3.63, 3.8) is 0 Å². The van der Waals surface area contributed by atoms with Crippen LogP contribution in [0.1, 0.15) is 57.8 Å². The highest BCUT2D eigenvalue weighted by molar-refractivity contribution is 6.30. The molecule has 1 aliphatic carbocycles. The maximum absolute atomic E-state index is 12.4. The third kappa shape index (κ3) is 7.47. The third-order valence-corrected chi connectivity index (χ3v) is 6.42. The van der Waals surface area contributed by atoms with E-state index in [0.29, 0.717) is 16.9 Å². The van der Waals surface area contributed by atoms with Gasteiger partial charge < -0.3 is 19.3 Å². The average Bonchev–Trinajstić information content (AvgIpc) is 2.76. The van der Waals surface area contributed by atoms with E-state index in [1.54, 1.807) is 29.2 Å². The molecule has 0 unspecified atom stereocenters. The highest BCUT2D eigenvalue weighted by Gasteiger charge is 2.28. The Kier molecular flexibility index (Phi) is 9.09. The molecule has 1 amide bonds. The van der Waals surface area contributed by atoms with E-state index < -0.39 is 0 Å². The van der Waals surface area contributed by atoms with Gasteiger partial charge >= 0.3 is 6.09 Å². The van der Waals surface area contributed by atoms with Crippen molar-refractivity contribution in [3.05, 3.63) is 29.3 Å². The monoisotopic (exact) mass is 422 g/mol. The first kappa shape index (κ1) is 22.4. The van der Waals surface area contributed by atoms with Crippen LogP contribution in [0.25, 0.3) is 0 Å². The highest BCUT2D eigenvalue weighted by atomic mass is 35.5. The van der Waals surface area contributed by atoms with Crippen LogP contribution in [0.2, 0.25) is 5.02 Å². The number of carbonyl (C=O) groups excluding carboxylic acids is 1. The summed E-state index contributed by atoms with van der Waals surface area (Å²) in [7, 11) is 1.82. The van der Waals surface area contributed by atoms with Crippen molar-refractivity contribution in [1.82, 2.24) is 9.80 Å². The number of carbonyl (C=O) groups is 1. The van der Waals surface area contributed by atoms with E-state index in [4.69, 9.17) is 21.1 Å². The van der Waals surface area contributed by atoms with Crippen LogP contribution in [0.5, 0.6) is 5.75 Å². The second kappa shape index (κ2) is 11.8. The van der Waals surface area contributed by atoms with Gasteiger partial charge in [0.1, 0.15) is 5.75 Å². The summed E-state index contributed by atoms with van der Waals surface area (Å²) in [6, 6.07) is 7.08. The van der Waals surface area contributed by atoms with Gasteiger partial charge in [-0.1, -0.05) is 18.0 Å². The molecule has 29 heavy (non-hydrogen) atoms. The molecule has 0 bridgehead atoms. The first-order chi connectivity index (χ1) is 14.1. The third-order valence-electron chi connectivity index (χ3n) is 6.17. The molecule has 0 N–H and O–H groups in total. The molecule has 1 heterocycles. The van der Waals surface area contributed by atoms with Gasteiger partial charge in [0.2, 0.25) is 0 Å². The summed E-state index contributed by atoms with van der Waals surface area (Å²) in [5, 5.41) is 0.628. The number of rotatable bonds is 8. The Labute approximate surface area is 180 Å². The first-order valence-electron chi connectivity index (χ1n) is 11.2. The van der Waals surface area contributed by atoms with Crippen LogP contribution in [-0.4, -0.2) is 61.3 Å². The lowest BCUT2D eigenvalue weighted by atomic mass is 9.92. The van der Waals surface area contributed by atoms with Crippen LogP contribution < -0.4 is 4.74 Å². The van der Waals surface area contributed by atoms with Gasteiger partial charge in [0.25, 0.3) is 0 Å². The molecule has 0 aromatic heterocycles. The summed E-state index contributed by atoms with van der Waals surface area (Å²) in [4.78, 5) is 16.7. The highest BCUT2D eigenvalue weighted by Crippen LogP contribution is 2.26. The van der Waals surface area contributed by atoms with Gasteiger partial charge in [-0.2, -0.15) is 0 Å². The second-order valence-corrected chi connectivity index (χ2v) is 8.78. The van der Waals surface area contributed by atoms with E-state index in [1.165, 1.54) is 45.3 Å². The van der Waals surface area contributed by atoms with Gasteiger partial charge in [0.15, 0.2) is 0 Å². The van der Waals surface area contributed by atoms with Crippen LogP contribution in [0.3, 0.4) is 0 Å². The fourth-order valence-electron chi connectivity index (χ4n) is 4.29. The van der Waals surface area contributed by atoms with Crippen LogP contribution >= 0.6 is 11.6 Å². The molecule has 1 aliphatic heterocycles. The zero-order valence-corrected chi connectivity index (χ0v) is 18.4. The number of likely N-dealkylation sites (tertiary alicyclic amines) is 1. The smallest absolute Gasteiger partial charge is 0.410 e. The van der Waals surface area contributed by atoms with Crippen molar-refractivity contribution >= 4 is 17.7 Å². The molecule has 0 radical (unpaired) electrons. The van der Waals surface area contributed by atoms with Crippen molar-refractivity contribution in [2.45, 2.75) is 69.9 Å². The molecule has 1 aromatic carbocycles. The van der Waals surface area contributed by atoms with Crippen molar-refractivity contribution in [3.8, 4) is 5.75 Å². The normalized spacial score (nSPS) is 23.0. The van der Waals surface area contributed by atoms with E-state index in [1.807, 2.05) is 7.05 Å². The molecule has 1 saturated carbocycles. The van der Waals surface area contributed by atoms with Crippen molar-refractivity contribution in [2.24, 2.45) is 0 Å². The van der Waals surface area contributed by atoms with Crippen molar-refractivity contribution in [2.75, 3.05) is 33.3 Å². The summed E-state index contributed by atoms with van der Waals surface area (Å²) in [6.07, 6.45) is 10.5. The predicted octanol–water partition coefficient (Wildman–Crippen LogP) is 5.36. The van der Waals surface area contributed by atoms with Gasteiger partial charge in [0.05, 0.1) is 6.10 Å². The Hall–Kier alpha value is -1.30. The molecule has 2 fully saturated rings. The summed E-state index contributed by atoms with van der Waals surface area (Å²) in [6.45, 7) is 4.63. The number of benzene rings is 1. The van der Waals surface area contributed by atoms with Gasteiger partial charge in [0, 0.05) is 24.7 Å². The minimum Gasteiger partial charge on any atom is -0.410 e. The molecule has 1 saturated heterocycles. The lowest BCUT2D eigenvalue weighted by molar-refractivity contribution is 0.00980. The molecule has 2 aliphatic rings. The number of halogens is 1. The summed E-state index contributed by atoms with van der Waals surface area (Å²) < 4.78 is 11.5. The summed E-state index contributed by atoms with van der Waals surface area (Å²) in [5.41, 5.74) is 0. The molecular weight excluding hydrogens is 388 g/mol. The maximum Gasteiger partial charge on any atom is 0.415 e. The largest absolute Gasteiger partial charge is 0.415 e. The van der Waals surface area contributed by atoms with Crippen molar-refractivity contribution in [1.29, 1.82) is 0 Å². The zero-order valence-electron chi connectivity index (χ0n) is 17.7. The molecule has 3 rings (SSSR count). The quantitative estimate of drug-likeness (QED) is 0.528. The van der Waals surface area contributed by atoms with E-state index in [0.717, 1.165) is 38.7 Å². The summed E-state index contributed by atoms with van der Waals surface area (Å²) in [5.74, 6) is 0.521. The molecule has 162 valence electrons. The average molecular weight is 423 g/mol.